The Morgan fingerprint density at radius 3 is 2.41 bits per heavy atom. The SMILES string of the molecule is NN=Cc1ccc(CCCCNC(=O)[C@@H](CC(=O)O)NC(=O)OCc2ccccc2)cc1. The maximum Gasteiger partial charge on any atom is 0.408 e. The van der Waals surface area contributed by atoms with Gasteiger partial charge in [-0.25, -0.2) is 4.79 Å². The molecule has 9 heteroatoms. The highest BCUT2D eigenvalue weighted by Crippen LogP contribution is 2.07. The third-order valence-electron chi connectivity index (χ3n) is 4.59. The number of ether oxygens (including phenoxy) is 1. The molecule has 0 aliphatic heterocycles. The van der Waals surface area contributed by atoms with E-state index in [1.807, 2.05) is 42.5 Å². The van der Waals surface area contributed by atoms with Gasteiger partial charge in [0.1, 0.15) is 12.6 Å². The molecule has 0 unspecified atom stereocenters. The van der Waals surface area contributed by atoms with Crippen molar-refractivity contribution in [1.29, 1.82) is 0 Å². The Morgan fingerprint density at radius 2 is 1.75 bits per heavy atom. The molecule has 170 valence electrons. The smallest absolute Gasteiger partial charge is 0.408 e. The lowest BCUT2D eigenvalue weighted by molar-refractivity contribution is -0.139. The van der Waals surface area contributed by atoms with Crippen molar-refractivity contribution in [3.8, 4) is 0 Å². The van der Waals surface area contributed by atoms with Gasteiger partial charge in [0, 0.05) is 6.54 Å². The predicted molar refractivity (Wildman–Crippen MR) is 120 cm³/mol. The summed E-state index contributed by atoms with van der Waals surface area (Å²) < 4.78 is 5.07. The van der Waals surface area contributed by atoms with Crippen LogP contribution >= 0.6 is 0 Å². The Kier molecular flexibility index (Phi) is 10.2. The van der Waals surface area contributed by atoms with Crippen molar-refractivity contribution in [3.05, 3.63) is 71.3 Å². The fourth-order valence-electron chi connectivity index (χ4n) is 2.94. The number of hydrogen-bond donors (Lipinski definition) is 4. The van der Waals surface area contributed by atoms with Gasteiger partial charge in [-0.05, 0) is 36.0 Å². The van der Waals surface area contributed by atoms with Crippen molar-refractivity contribution in [3.63, 3.8) is 0 Å². The second kappa shape index (κ2) is 13.4. The first-order chi connectivity index (χ1) is 15.5. The van der Waals surface area contributed by atoms with Gasteiger partial charge in [0.25, 0.3) is 0 Å². The molecular weight excluding hydrogens is 412 g/mol. The van der Waals surface area contributed by atoms with E-state index in [2.05, 4.69) is 15.7 Å². The summed E-state index contributed by atoms with van der Waals surface area (Å²) in [6, 6.07) is 15.6. The van der Waals surface area contributed by atoms with Crippen LogP contribution in [0, 0.1) is 0 Å². The topological polar surface area (TPSA) is 143 Å². The molecule has 1 atom stereocenters. The molecule has 32 heavy (non-hydrogen) atoms. The fraction of sp³-hybridized carbons (Fsp3) is 0.304. The number of amides is 2. The first kappa shape index (κ1) is 24.4. The zero-order valence-electron chi connectivity index (χ0n) is 17.7. The summed E-state index contributed by atoms with van der Waals surface area (Å²) >= 11 is 0. The third kappa shape index (κ3) is 9.29. The van der Waals surface area contributed by atoms with Gasteiger partial charge in [-0.15, -0.1) is 0 Å². The number of carbonyl (C=O) groups excluding carboxylic acids is 2. The third-order valence-corrected chi connectivity index (χ3v) is 4.59. The number of rotatable bonds is 12. The quantitative estimate of drug-likeness (QED) is 0.172. The molecule has 0 bridgehead atoms. The van der Waals surface area contributed by atoms with Crippen LogP contribution in [0.3, 0.4) is 0 Å². The average Bonchev–Trinajstić information content (AvgIpc) is 2.78. The zero-order valence-corrected chi connectivity index (χ0v) is 17.7. The number of nitrogens with zero attached hydrogens (tertiary/aromatic N) is 1. The van der Waals surface area contributed by atoms with Crippen molar-refractivity contribution < 1.29 is 24.2 Å². The first-order valence-corrected chi connectivity index (χ1v) is 10.3. The van der Waals surface area contributed by atoms with Gasteiger partial charge in [-0.2, -0.15) is 5.10 Å². The van der Waals surface area contributed by atoms with E-state index in [9.17, 15) is 14.4 Å². The number of benzene rings is 2. The van der Waals surface area contributed by atoms with Crippen LogP contribution in [-0.4, -0.2) is 41.9 Å². The predicted octanol–water partition coefficient (Wildman–Crippen LogP) is 2.19. The van der Waals surface area contributed by atoms with E-state index >= 15 is 0 Å². The monoisotopic (exact) mass is 440 g/mol. The average molecular weight is 441 g/mol. The van der Waals surface area contributed by atoms with E-state index in [4.69, 9.17) is 15.7 Å². The van der Waals surface area contributed by atoms with Crippen LogP contribution in [0.4, 0.5) is 4.79 Å². The van der Waals surface area contributed by atoms with Gasteiger partial charge in [-0.1, -0.05) is 54.6 Å². The number of nitrogens with two attached hydrogens (primary N) is 1. The summed E-state index contributed by atoms with van der Waals surface area (Å²) in [5.74, 6) is 3.36. The van der Waals surface area contributed by atoms with Crippen LogP contribution in [0.1, 0.15) is 36.0 Å². The highest BCUT2D eigenvalue weighted by molar-refractivity contribution is 5.89. The molecule has 0 aliphatic carbocycles. The molecular formula is C23H28N4O5. The second-order valence-electron chi connectivity index (χ2n) is 7.12. The first-order valence-electron chi connectivity index (χ1n) is 10.3. The molecule has 9 nitrogen and oxygen atoms in total. The number of carbonyl (C=O) groups is 3. The Labute approximate surface area is 186 Å². The number of nitrogens with one attached hydrogen (secondary N) is 2. The zero-order chi connectivity index (χ0) is 23.2. The molecule has 2 aromatic carbocycles. The number of hydrazone groups is 1. The van der Waals surface area contributed by atoms with Crippen LogP contribution in [0.25, 0.3) is 0 Å². The van der Waals surface area contributed by atoms with Crippen LogP contribution in [0.5, 0.6) is 0 Å². The molecule has 0 spiro atoms. The van der Waals surface area contributed by atoms with Gasteiger partial charge in [0.15, 0.2) is 0 Å². The van der Waals surface area contributed by atoms with E-state index in [1.165, 1.54) is 0 Å². The van der Waals surface area contributed by atoms with E-state index in [-0.39, 0.29) is 6.61 Å². The van der Waals surface area contributed by atoms with Gasteiger partial charge in [0.05, 0.1) is 12.6 Å². The molecule has 0 aromatic heterocycles. The molecule has 5 N–H and O–H groups in total. The number of carboxylic acid groups (broad SMARTS) is 1. The summed E-state index contributed by atoms with van der Waals surface area (Å²) in [6.07, 6.45) is 2.55. The number of unbranched alkanes of at least 4 members (excludes halogenated alkanes) is 1. The van der Waals surface area contributed by atoms with E-state index in [1.54, 1.807) is 18.3 Å². The lowest BCUT2D eigenvalue weighted by Crippen LogP contribution is -2.48. The van der Waals surface area contributed by atoms with Gasteiger partial charge in [-0.3, -0.25) is 9.59 Å². The van der Waals surface area contributed by atoms with Crippen LogP contribution in [-0.2, 0) is 27.4 Å². The normalized spacial score (nSPS) is 11.6. The van der Waals surface area contributed by atoms with E-state index in [0.717, 1.165) is 29.5 Å². The van der Waals surface area contributed by atoms with Crippen molar-refractivity contribution in [1.82, 2.24) is 10.6 Å². The molecule has 0 aliphatic rings. The number of aliphatic carboxylic acids is 1. The number of hydrogen-bond acceptors (Lipinski definition) is 6. The van der Waals surface area contributed by atoms with Gasteiger partial charge in [0.2, 0.25) is 5.91 Å². The molecule has 0 fully saturated rings. The van der Waals surface area contributed by atoms with Crippen LogP contribution in [0.15, 0.2) is 59.7 Å². The molecule has 0 heterocycles. The Bertz CT molecular complexity index is 900. The van der Waals surface area contributed by atoms with Crippen molar-refractivity contribution in [2.75, 3.05) is 6.54 Å². The fourth-order valence-corrected chi connectivity index (χ4v) is 2.94. The Morgan fingerprint density at radius 1 is 1.03 bits per heavy atom. The summed E-state index contributed by atoms with van der Waals surface area (Å²) in [7, 11) is 0. The maximum absolute atomic E-state index is 12.4. The molecule has 0 saturated heterocycles. The van der Waals surface area contributed by atoms with E-state index in [0.29, 0.717) is 13.0 Å². The Hall–Kier alpha value is -3.88. The summed E-state index contributed by atoms with van der Waals surface area (Å²) in [5, 5.41) is 17.5. The lowest BCUT2D eigenvalue weighted by atomic mass is 10.1. The molecule has 2 rings (SSSR count). The molecule has 0 saturated carbocycles. The Balaban J connectivity index is 1.72. The molecule has 0 radical (unpaired) electrons. The minimum absolute atomic E-state index is 0.0219. The second-order valence-corrected chi connectivity index (χ2v) is 7.12. The highest BCUT2D eigenvalue weighted by Gasteiger charge is 2.24. The summed E-state index contributed by atoms with van der Waals surface area (Å²) in [5.41, 5.74) is 2.85. The lowest BCUT2D eigenvalue weighted by Gasteiger charge is -2.17. The van der Waals surface area contributed by atoms with Gasteiger partial charge >= 0.3 is 12.1 Å². The van der Waals surface area contributed by atoms with Gasteiger partial charge < -0.3 is 26.3 Å². The van der Waals surface area contributed by atoms with Crippen molar-refractivity contribution in [2.45, 2.75) is 38.3 Å². The van der Waals surface area contributed by atoms with Crippen LogP contribution in [0.2, 0.25) is 0 Å². The summed E-state index contributed by atoms with van der Waals surface area (Å²) in [6.45, 7) is 0.391. The molecule has 2 aromatic rings. The minimum Gasteiger partial charge on any atom is -0.481 e. The minimum atomic E-state index is -1.22. The van der Waals surface area contributed by atoms with Crippen LogP contribution < -0.4 is 16.5 Å². The standard InChI is InChI=1S/C23H28N4O5/c24-26-15-18-11-9-17(10-12-18)6-4-5-13-25-22(30)20(14-21(28)29)27-23(31)32-16-19-7-2-1-3-8-19/h1-3,7-12,15,20H,4-6,13-14,16,24H2,(H,25,30)(H,27,31)(H,28,29)/t20-/m1/s1. The number of alkyl carbamates (subject to hydrolysis) is 1. The molecule has 2 amide bonds. The summed E-state index contributed by atoms with van der Waals surface area (Å²) in [4.78, 5) is 35.4. The maximum atomic E-state index is 12.4. The number of carboxylic acids is 1. The van der Waals surface area contributed by atoms with Crippen molar-refractivity contribution >= 4 is 24.2 Å². The van der Waals surface area contributed by atoms with Crippen molar-refractivity contribution in [2.24, 2.45) is 10.9 Å². The largest absolute Gasteiger partial charge is 0.481 e. The highest BCUT2D eigenvalue weighted by atomic mass is 16.5. The number of aryl methyl sites for hydroxylation is 1. The van der Waals surface area contributed by atoms with E-state index < -0.39 is 30.4 Å².